The van der Waals surface area contributed by atoms with Gasteiger partial charge in [-0.1, -0.05) is 0 Å². The highest BCUT2D eigenvalue weighted by atomic mass is 19.1. The molecule has 58 heavy (non-hydrogen) atoms. The molecule has 3 fully saturated rings. The minimum Gasteiger partial charge on any atom is -0.349 e. The number of aromatic nitrogens is 10. The average Bonchev–Trinajstić information content (AvgIpc) is 4.01. The summed E-state index contributed by atoms with van der Waals surface area (Å²) in [4.78, 5) is 13.6. The lowest BCUT2D eigenvalue weighted by Crippen LogP contribution is -2.44. The fourth-order valence-corrected chi connectivity index (χ4v) is 8.87. The quantitative estimate of drug-likeness (QED) is 0.209. The number of piperazine rings is 1. The molecular weight excluding hydrogens is 737 g/mol. The van der Waals surface area contributed by atoms with Gasteiger partial charge < -0.3 is 10.2 Å². The summed E-state index contributed by atoms with van der Waals surface area (Å²) in [7, 11) is 2.16. The Balaban J connectivity index is 0.000000141. The normalized spacial score (nSPS) is 19.5. The molecular formula is C43H43F2N13. The standard InChI is InChI=1S/C22H22FN7.C21H21FN6/c1-12-4-19(27-30-9-13(2)24-22(12)30)14-5-18(23)17-8-21(26-25-20(17)6-14)29-11-15-7-16(29)10-28(15)3;1-12-6-19(27-28-11-13(2)24-21(12)28)15-7-17(22)16-9-18(25-26-20(16)8-15)14-4-3-5-23-10-14/h4-6,8-9,15-16H,7,10-11H2,1-3H3;6-9,11,14,23H,3-5,10H2,1-2H3/t15-,16-;/m0./s1. The molecule has 1 N–H and O–H groups in total. The topological polar surface area (TPSA) is 130 Å². The summed E-state index contributed by atoms with van der Waals surface area (Å²) in [6, 6.07) is 15.3. The van der Waals surface area contributed by atoms with Crippen LogP contribution in [-0.4, -0.2) is 99.8 Å². The molecule has 8 aromatic rings. The number of hydrogen-bond acceptors (Lipinski definition) is 11. The first-order valence-corrected chi connectivity index (χ1v) is 19.8. The fraction of sp³-hybridized carbons (Fsp3) is 0.349. The summed E-state index contributed by atoms with van der Waals surface area (Å²) in [5, 5.41) is 31.1. The van der Waals surface area contributed by atoms with Crippen LogP contribution in [0.2, 0.25) is 0 Å². The van der Waals surface area contributed by atoms with E-state index in [2.05, 4.69) is 62.7 Å². The number of hydrogen-bond donors (Lipinski definition) is 1. The van der Waals surface area contributed by atoms with Gasteiger partial charge in [-0.25, -0.2) is 27.8 Å². The zero-order valence-electron chi connectivity index (χ0n) is 33.1. The number of aryl methyl sites for hydroxylation is 4. The molecule has 6 aromatic heterocycles. The summed E-state index contributed by atoms with van der Waals surface area (Å²) in [5.74, 6) is 0.454. The van der Waals surface area contributed by atoms with E-state index in [9.17, 15) is 4.39 Å². The lowest BCUT2D eigenvalue weighted by atomic mass is 9.95. The summed E-state index contributed by atoms with van der Waals surface area (Å²) in [5.41, 5.74) is 10.1. The third kappa shape index (κ3) is 6.47. The predicted octanol–water partition coefficient (Wildman–Crippen LogP) is 6.55. The molecule has 294 valence electrons. The first-order chi connectivity index (χ1) is 28.0. The van der Waals surface area contributed by atoms with Crippen molar-refractivity contribution < 1.29 is 8.78 Å². The van der Waals surface area contributed by atoms with Crippen LogP contribution in [0.1, 0.15) is 53.4 Å². The first kappa shape index (κ1) is 36.3. The third-order valence-electron chi connectivity index (χ3n) is 11.9. The highest BCUT2D eigenvalue weighted by Crippen LogP contribution is 2.35. The number of rotatable bonds is 4. The van der Waals surface area contributed by atoms with E-state index in [4.69, 9.17) is 0 Å². The van der Waals surface area contributed by atoms with E-state index in [-0.39, 0.29) is 11.6 Å². The molecule has 3 saturated heterocycles. The van der Waals surface area contributed by atoms with Crippen LogP contribution in [0.25, 0.3) is 55.6 Å². The van der Waals surface area contributed by atoms with Gasteiger partial charge in [-0.15, -0.1) is 10.2 Å². The number of likely N-dealkylation sites (tertiary alicyclic amines) is 1. The van der Waals surface area contributed by atoms with E-state index in [1.165, 1.54) is 12.1 Å². The second-order valence-corrected chi connectivity index (χ2v) is 16.2. The molecule has 1 unspecified atom stereocenters. The van der Waals surface area contributed by atoms with E-state index in [0.717, 1.165) is 90.8 Å². The molecule has 15 heteroatoms. The van der Waals surface area contributed by atoms with Crippen LogP contribution >= 0.6 is 0 Å². The second kappa shape index (κ2) is 14.1. The van der Waals surface area contributed by atoms with Gasteiger partial charge in [0, 0.05) is 59.5 Å². The molecule has 9 heterocycles. The Kier molecular flexibility index (Phi) is 8.82. The maximum Gasteiger partial charge on any atom is 0.156 e. The summed E-state index contributed by atoms with van der Waals surface area (Å²) < 4.78 is 33.6. The Morgan fingerprint density at radius 2 is 1.28 bits per heavy atom. The van der Waals surface area contributed by atoms with Crippen molar-refractivity contribution in [1.29, 1.82) is 0 Å². The highest BCUT2D eigenvalue weighted by Gasteiger charge is 2.42. The molecule has 0 saturated carbocycles. The van der Waals surface area contributed by atoms with Crippen molar-refractivity contribution >= 4 is 38.9 Å². The van der Waals surface area contributed by atoms with Crippen molar-refractivity contribution in [2.24, 2.45) is 0 Å². The number of nitrogens with zero attached hydrogens (tertiary/aromatic N) is 12. The van der Waals surface area contributed by atoms with Crippen molar-refractivity contribution in [1.82, 2.24) is 59.8 Å². The molecule has 3 aliphatic heterocycles. The zero-order valence-corrected chi connectivity index (χ0v) is 33.1. The lowest BCUT2D eigenvalue weighted by Gasteiger charge is -2.32. The Bertz CT molecular complexity index is 2900. The number of halogens is 2. The predicted molar refractivity (Wildman–Crippen MR) is 219 cm³/mol. The highest BCUT2D eigenvalue weighted by molar-refractivity contribution is 5.86. The van der Waals surface area contributed by atoms with E-state index in [1.807, 2.05) is 76.5 Å². The lowest BCUT2D eigenvalue weighted by molar-refractivity contribution is 0.292. The Morgan fingerprint density at radius 3 is 1.83 bits per heavy atom. The van der Waals surface area contributed by atoms with Gasteiger partial charge in [0.2, 0.25) is 0 Å². The largest absolute Gasteiger partial charge is 0.349 e. The minimum absolute atomic E-state index is 0.293. The van der Waals surface area contributed by atoms with Crippen LogP contribution in [0.4, 0.5) is 14.6 Å². The van der Waals surface area contributed by atoms with Gasteiger partial charge in [0.1, 0.15) is 11.6 Å². The summed E-state index contributed by atoms with van der Waals surface area (Å²) >= 11 is 0. The average molecular weight is 780 g/mol. The maximum absolute atomic E-state index is 15.1. The van der Waals surface area contributed by atoms with E-state index in [0.29, 0.717) is 62.3 Å². The van der Waals surface area contributed by atoms with Gasteiger partial charge in [-0.05, 0) is 120 Å². The molecule has 0 aliphatic carbocycles. The fourth-order valence-electron chi connectivity index (χ4n) is 8.87. The number of nitrogens with one attached hydrogen (secondary N) is 1. The minimum atomic E-state index is -0.304. The molecule has 13 nitrogen and oxygen atoms in total. The summed E-state index contributed by atoms with van der Waals surface area (Å²) in [6.45, 7) is 11.7. The van der Waals surface area contributed by atoms with Crippen LogP contribution in [-0.2, 0) is 0 Å². The summed E-state index contributed by atoms with van der Waals surface area (Å²) in [6.07, 6.45) is 7.04. The number of anilines is 1. The van der Waals surface area contributed by atoms with Gasteiger partial charge in [-0.2, -0.15) is 20.4 Å². The number of fused-ring (bicyclic) bond motifs is 6. The smallest absolute Gasteiger partial charge is 0.156 e. The zero-order chi connectivity index (χ0) is 39.8. The van der Waals surface area contributed by atoms with E-state index >= 15 is 4.39 Å². The molecule has 11 rings (SSSR count). The second-order valence-electron chi connectivity index (χ2n) is 16.2. The number of likely N-dealkylation sites (N-methyl/N-ethyl adjacent to an activating group) is 1. The van der Waals surface area contributed by atoms with Crippen LogP contribution in [0, 0.1) is 39.3 Å². The monoisotopic (exact) mass is 779 g/mol. The molecule has 3 aliphatic rings. The third-order valence-corrected chi connectivity index (χ3v) is 11.9. The van der Waals surface area contributed by atoms with Crippen molar-refractivity contribution in [3.05, 3.63) is 101 Å². The van der Waals surface area contributed by atoms with Crippen LogP contribution < -0.4 is 10.2 Å². The van der Waals surface area contributed by atoms with Gasteiger partial charge in [0.25, 0.3) is 0 Å². The molecule has 0 radical (unpaired) electrons. The first-order valence-electron chi connectivity index (χ1n) is 19.8. The molecule has 0 amide bonds. The van der Waals surface area contributed by atoms with Crippen molar-refractivity contribution in [2.45, 2.75) is 65.0 Å². The van der Waals surface area contributed by atoms with Gasteiger partial charge in [0.05, 0.1) is 51.9 Å². The number of imidazole rings is 2. The molecule has 3 atom stereocenters. The molecule has 0 spiro atoms. The van der Waals surface area contributed by atoms with E-state index < -0.39 is 0 Å². The van der Waals surface area contributed by atoms with Crippen molar-refractivity contribution in [3.63, 3.8) is 0 Å². The van der Waals surface area contributed by atoms with Crippen LogP contribution in [0.15, 0.2) is 60.9 Å². The molecule has 2 aromatic carbocycles. The number of piperidine rings is 1. The maximum atomic E-state index is 15.1. The Labute approximate surface area is 333 Å². The van der Waals surface area contributed by atoms with Gasteiger partial charge in [0.15, 0.2) is 17.1 Å². The molecule has 2 bridgehead atoms. The van der Waals surface area contributed by atoms with Crippen molar-refractivity contribution in [3.8, 4) is 22.5 Å². The Morgan fingerprint density at radius 1 is 0.672 bits per heavy atom. The van der Waals surface area contributed by atoms with Crippen LogP contribution in [0.3, 0.4) is 0 Å². The Hall–Kier alpha value is -6.06. The SMILES string of the molecule is Cc1cn2nc(-c3cc(F)c4cc(C5CCCNC5)nnc4c3)cc(C)c2n1.Cc1cn2nc(-c3cc(F)c4cc(N5C[C@@H]6C[C@H]5CN6C)nnc4c3)cc(C)c2n1. The van der Waals surface area contributed by atoms with Gasteiger partial charge >= 0.3 is 0 Å². The number of benzene rings is 2. The van der Waals surface area contributed by atoms with Gasteiger partial charge in [-0.3, -0.25) is 4.90 Å². The van der Waals surface area contributed by atoms with E-state index in [1.54, 1.807) is 9.03 Å². The van der Waals surface area contributed by atoms with Crippen LogP contribution in [0.5, 0.6) is 0 Å². The van der Waals surface area contributed by atoms with Crippen molar-refractivity contribution in [2.75, 3.05) is 38.1 Å².